The van der Waals surface area contributed by atoms with Crippen molar-refractivity contribution in [2.45, 2.75) is 26.3 Å². The van der Waals surface area contributed by atoms with E-state index in [1.54, 1.807) is 32.4 Å². The number of anilines is 2. The van der Waals surface area contributed by atoms with Gasteiger partial charge in [-0.25, -0.2) is 14.8 Å². The molecule has 0 saturated carbocycles. The zero-order chi connectivity index (χ0) is 19.2. The number of urea groups is 1. The minimum Gasteiger partial charge on any atom is -0.497 e. The summed E-state index contributed by atoms with van der Waals surface area (Å²) in [6, 6.07) is 6.75. The molecule has 0 bridgehead atoms. The zero-order valence-corrected chi connectivity index (χ0v) is 15.9. The van der Waals surface area contributed by atoms with Crippen molar-refractivity contribution < 1.29 is 14.3 Å². The highest BCUT2D eigenvalue weighted by atomic mass is 16.5. The van der Waals surface area contributed by atoms with E-state index in [0.29, 0.717) is 23.7 Å². The summed E-state index contributed by atoms with van der Waals surface area (Å²) in [6.07, 6.45) is 2.33. The van der Waals surface area contributed by atoms with E-state index < -0.39 is 0 Å². The highest BCUT2D eigenvalue weighted by Crippen LogP contribution is 2.25. The van der Waals surface area contributed by atoms with Gasteiger partial charge in [-0.1, -0.05) is 0 Å². The zero-order valence-electron chi connectivity index (χ0n) is 15.9. The van der Waals surface area contributed by atoms with E-state index in [9.17, 15) is 4.79 Å². The van der Waals surface area contributed by atoms with E-state index in [-0.39, 0.29) is 6.03 Å². The Kier molecular flexibility index (Phi) is 5.95. The number of rotatable bonds is 6. The maximum Gasteiger partial charge on any atom is 0.319 e. The molecule has 1 saturated heterocycles. The number of methoxy groups -OCH3 is 2. The summed E-state index contributed by atoms with van der Waals surface area (Å²) in [4.78, 5) is 23.5. The fraction of sp³-hybridized carbons (Fsp3) is 0.421. The van der Waals surface area contributed by atoms with Gasteiger partial charge < -0.3 is 25.0 Å². The number of aromatic nitrogens is 2. The van der Waals surface area contributed by atoms with E-state index in [4.69, 9.17) is 9.47 Å². The van der Waals surface area contributed by atoms with Crippen molar-refractivity contribution in [2.24, 2.45) is 0 Å². The van der Waals surface area contributed by atoms with Gasteiger partial charge in [-0.05, 0) is 25.8 Å². The normalized spacial score (nSPS) is 13.4. The van der Waals surface area contributed by atoms with Gasteiger partial charge in [0, 0.05) is 42.7 Å². The lowest BCUT2D eigenvalue weighted by atomic mass is 10.3. The first kappa shape index (κ1) is 18.8. The summed E-state index contributed by atoms with van der Waals surface area (Å²) in [7, 11) is 3.13. The molecule has 144 valence electrons. The van der Waals surface area contributed by atoms with Gasteiger partial charge in [0.25, 0.3) is 0 Å². The smallest absolute Gasteiger partial charge is 0.319 e. The fourth-order valence-corrected chi connectivity index (χ4v) is 2.99. The Balaban J connectivity index is 1.62. The van der Waals surface area contributed by atoms with Gasteiger partial charge in [-0.3, -0.25) is 0 Å². The monoisotopic (exact) mass is 371 g/mol. The molecule has 2 aromatic rings. The van der Waals surface area contributed by atoms with Crippen molar-refractivity contribution >= 4 is 17.7 Å². The van der Waals surface area contributed by atoms with Crippen molar-refractivity contribution in [2.75, 3.05) is 37.5 Å². The first-order valence-corrected chi connectivity index (χ1v) is 8.95. The number of nitrogens with one attached hydrogen (secondary N) is 2. The number of benzene rings is 1. The van der Waals surface area contributed by atoms with Crippen LogP contribution in [0.1, 0.15) is 24.2 Å². The molecule has 1 aromatic carbocycles. The lowest BCUT2D eigenvalue weighted by Crippen LogP contribution is -2.29. The van der Waals surface area contributed by atoms with Gasteiger partial charge in [-0.15, -0.1) is 0 Å². The topological polar surface area (TPSA) is 88.6 Å². The maximum absolute atomic E-state index is 12.3. The lowest BCUT2D eigenvalue weighted by Gasteiger charge is -2.16. The molecule has 0 spiro atoms. The molecule has 0 radical (unpaired) electrons. The summed E-state index contributed by atoms with van der Waals surface area (Å²) in [5, 5.41) is 5.61. The summed E-state index contributed by atoms with van der Waals surface area (Å²) < 4.78 is 10.4. The number of ether oxygens (including phenoxy) is 2. The predicted molar refractivity (Wildman–Crippen MR) is 104 cm³/mol. The first-order valence-electron chi connectivity index (χ1n) is 8.95. The minimum absolute atomic E-state index is 0.317. The molecule has 27 heavy (non-hydrogen) atoms. The molecule has 3 rings (SSSR count). The molecule has 1 fully saturated rings. The van der Waals surface area contributed by atoms with Gasteiger partial charge in [0.2, 0.25) is 5.95 Å². The Labute approximate surface area is 158 Å². The highest BCUT2D eigenvalue weighted by Gasteiger charge is 2.16. The second kappa shape index (κ2) is 8.57. The van der Waals surface area contributed by atoms with Crippen LogP contribution in [0.4, 0.5) is 16.4 Å². The standard InChI is InChI=1S/C19H25N5O3/c1-13-8-15(22-18(21-13)24-6-4-5-7-24)12-20-19(25)23-14-9-16(26-2)11-17(10-14)27-3/h8-11H,4-7,12H2,1-3H3,(H2,20,23,25). The molecule has 8 nitrogen and oxygen atoms in total. The fourth-order valence-electron chi connectivity index (χ4n) is 2.99. The number of amides is 2. The Morgan fingerprint density at radius 3 is 2.37 bits per heavy atom. The van der Waals surface area contributed by atoms with Crippen LogP contribution < -0.4 is 25.0 Å². The maximum atomic E-state index is 12.3. The molecule has 2 heterocycles. The van der Waals surface area contributed by atoms with Crippen LogP contribution in [0.3, 0.4) is 0 Å². The van der Waals surface area contributed by atoms with Crippen LogP contribution in [-0.4, -0.2) is 43.3 Å². The number of carbonyl (C=O) groups excluding carboxylic acids is 1. The van der Waals surface area contributed by atoms with Crippen molar-refractivity contribution in [1.29, 1.82) is 0 Å². The predicted octanol–water partition coefficient (Wildman–Crippen LogP) is 2.72. The molecular formula is C19H25N5O3. The van der Waals surface area contributed by atoms with Gasteiger partial charge in [0.05, 0.1) is 26.5 Å². The van der Waals surface area contributed by atoms with Crippen LogP contribution in [-0.2, 0) is 6.54 Å². The second-order valence-corrected chi connectivity index (χ2v) is 6.40. The first-order chi connectivity index (χ1) is 13.1. The van der Waals surface area contributed by atoms with Gasteiger partial charge in [0.1, 0.15) is 11.5 Å². The Hall–Kier alpha value is -3.03. The highest BCUT2D eigenvalue weighted by molar-refractivity contribution is 5.89. The van der Waals surface area contributed by atoms with Crippen LogP contribution in [0.25, 0.3) is 0 Å². The Morgan fingerprint density at radius 2 is 1.74 bits per heavy atom. The molecule has 1 aliphatic rings. The minimum atomic E-state index is -0.329. The van der Waals surface area contributed by atoms with Gasteiger partial charge in [0.15, 0.2) is 0 Å². The number of carbonyl (C=O) groups is 1. The third kappa shape index (κ3) is 4.99. The molecule has 8 heteroatoms. The second-order valence-electron chi connectivity index (χ2n) is 6.40. The number of aryl methyl sites for hydroxylation is 1. The van der Waals surface area contributed by atoms with E-state index in [1.807, 2.05) is 13.0 Å². The molecule has 0 unspecified atom stereocenters. The molecule has 0 aliphatic carbocycles. The van der Waals surface area contributed by atoms with E-state index in [2.05, 4.69) is 25.5 Å². The van der Waals surface area contributed by atoms with Crippen LogP contribution >= 0.6 is 0 Å². The van der Waals surface area contributed by atoms with Crippen LogP contribution in [0.15, 0.2) is 24.3 Å². The van der Waals surface area contributed by atoms with Crippen molar-refractivity contribution in [3.63, 3.8) is 0 Å². The quantitative estimate of drug-likeness (QED) is 0.812. The number of nitrogens with zero attached hydrogens (tertiary/aromatic N) is 3. The summed E-state index contributed by atoms with van der Waals surface area (Å²) in [5.74, 6) is 1.94. The Bertz CT molecular complexity index is 784. The lowest BCUT2D eigenvalue weighted by molar-refractivity contribution is 0.251. The van der Waals surface area contributed by atoms with E-state index in [1.165, 1.54) is 0 Å². The van der Waals surface area contributed by atoms with E-state index >= 15 is 0 Å². The third-order valence-corrected chi connectivity index (χ3v) is 4.32. The molecule has 2 N–H and O–H groups in total. The summed E-state index contributed by atoms with van der Waals surface area (Å²) in [6.45, 7) is 4.22. The van der Waals surface area contributed by atoms with Crippen molar-refractivity contribution in [3.05, 3.63) is 35.7 Å². The Morgan fingerprint density at radius 1 is 1.07 bits per heavy atom. The molecular weight excluding hydrogens is 346 g/mol. The molecule has 1 aliphatic heterocycles. The van der Waals surface area contributed by atoms with Crippen LogP contribution in [0.5, 0.6) is 11.5 Å². The van der Waals surface area contributed by atoms with Crippen molar-refractivity contribution in [3.8, 4) is 11.5 Å². The largest absolute Gasteiger partial charge is 0.497 e. The SMILES string of the molecule is COc1cc(NC(=O)NCc2cc(C)nc(N3CCCC3)n2)cc(OC)c1. The van der Waals surface area contributed by atoms with Gasteiger partial charge in [-0.2, -0.15) is 0 Å². The molecule has 1 aromatic heterocycles. The van der Waals surface area contributed by atoms with Crippen molar-refractivity contribution in [1.82, 2.24) is 15.3 Å². The number of hydrogen-bond donors (Lipinski definition) is 2. The molecule has 0 atom stereocenters. The van der Waals surface area contributed by atoms with Gasteiger partial charge >= 0.3 is 6.03 Å². The van der Waals surface area contributed by atoms with Crippen LogP contribution in [0, 0.1) is 6.92 Å². The summed E-state index contributed by atoms with van der Waals surface area (Å²) in [5.41, 5.74) is 2.25. The average molecular weight is 371 g/mol. The summed E-state index contributed by atoms with van der Waals surface area (Å²) >= 11 is 0. The average Bonchev–Trinajstić information content (AvgIpc) is 3.20. The van der Waals surface area contributed by atoms with E-state index in [0.717, 1.165) is 43.3 Å². The number of hydrogen-bond acceptors (Lipinski definition) is 6. The third-order valence-electron chi connectivity index (χ3n) is 4.32. The molecule has 2 amide bonds. The van der Waals surface area contributed by atoms with Crippen LogP contribution in [0.2, 0.25) is 0 Å².